The Kier molecular flexibility index (Phi) is 3.29. The number of thiophene rings is 1. The maximum atomic E-state index is 11.8. The number of nitrogens with zero attached hydrogens (tertiary/aromatic N) is 1. The van der Waals surface area contributed by atoms with Gasteiger partial charge in [-0.25, -0.2) is 4.98 Å². The van der Waals surface area contributed by atoms with Crippen LogP contribution in [-0.2, 0) is 17.8 Å². The highest BCUT2D eigenvalue weighted by Crippen LogP contribution is 2.12. The summed E-state index contributed by atoms with van der Waals surface area (Å²) < 4.78 is 0. The molecule has 2 heterocycles. The van der Waals surface area contributed by atoms with Crippen LogP contribution < -0.4 is 5.32 Å². The molecular formula is C14H13N3OS. The molecule has 0 radical (unpaired) electrons. The van der Waals surface area contributed by atoms with Crippen molar-refractivity contribution in [1.29, 1.82) is 0 Å². The lowest BCUT2D eigenvalue weighted by atomic mass is 10.2. The van der Waals surface area contributed by atoms with Gasteiger partial charge in [-0.05, 0) is 29.1 Å². The highest BCUT2D eigenvalue weighted by Gasteiger charge is 2.04. The molecule has 0 aliphatic rings. The molecule has 4 nitrogen and oxygen atoms in total. The number of aromatic nitrogens is 2. The Morgan fingerprint density at radius 1 is 1.37 bits per heavy atom. The van der Waals surface area contributed by atoms with Crippen LogP contribution in [0.4, 0.5) is 0 Å². The van der Waals surface area contributed by atoms with Crippen molar-refractivity contribution in [3.8, 4) is 0 Å². The first-order valence-corrected chi connectivity index (χ1v) is 6.90. The van der Waals surface area contributed by atoms with Gasteiger partial charge in [0.1, 0.15) is 0 Å². The maximum Gasteiger partial charge on any atom is 0.225 e. The van der Waals surface area contributed by atoms with Crippen LogP contribution in [-0.4, -0.2) is 15.9 Å². The van der Waals surface area contributed by atoms with Gasteiger partial charge >= 0.3 is 0 Å². The summed E-state index contributed by atoms with van der Waals surface area (Å²) in [6.07, 6.45) is 2.12. The first kappa shape index (κ1) is 11.9. The highest BCUT2D eigenvalue weighted by atomic mass is 32.1. The second kappa shape index (κ2) is 5.24. The molecule has 0 saturated heterocycles. The summed E-state index contributed by atoms with van der Waals surface area (Å²) in [6.45, 7) is 0.541. The summed E-state index contributed by atoms with van der Waals surface area (Å²) in [5, 5.41) is 4.91. The molecule has 3 rings (SSSR count). The van der Waals surface area contributed by atoms with Crippen molar-refractivity contribution >= 4 is 28.3 Å². The molecule has 2 aromatic heterocycles. The maximum absolute atomic E-state index is 11.8. The molecule has 0 saturated carbocycles. The fourth-order valence-electron chi connectivity index (χ4n) is 1.93. The number of H-pyrrole nitrogens is 1. The van der Waals surface area contributed by atoms with Gasteiger partial charge in [-0.2, -0.15) is 0 Å². The smallest absolute Gasteiger partial charge is 0.225 e. The summed E-state index contributed by atoms with van der Waals surface area (Å²) in [6, 6.07) is 9.87. The van der Waals surface area contributed by atoms with Crippen LogP contribution in [0.15, 0.2) is 42.0 Å². The van der Waals surface area contributed by atoms with Crippen LogP contribution in [0, 0.1) is 0 Å². The quantitative estimate of drug-likeness (QED) is 0.766. The fraction of sp³-hybridized carbons (Fsp3) is 0.143. The van der Waals surface area contributed by atoms with Crippen LogP contribution in [0.25, 0.3) is 11.0 Å². The molecule has 96 valence electrons. The fourth-order valence-corrected chi connectivity index (χ4v) is 2.63. The Bertz CT molecular complexity index is 688. The molecule has 0 aliphatic heterocycles. The van der Waals surface area contributed by atoms with Gasteiger partial charge in [0.2, 0.25) is 5.91 Å². The highest BCUT2D eigenvalue weighted by molar-refractivity contribution is 7.10. The van der Waals surface area contributed by atoms with Crippen LogP contribution in [0.5, 0.6) is 0 Å². The van der Waals surface area contributed by atoms with Crippen molar-refractivity contribution in [3.05, 3.63) is 52.5 Å². The lowest BCUT2D eigenvalue weighted by Gasteiger charge is -2.04. The number of fused-ring (bicyclic) bond motifs is 1. The molecule has 0 atom stereocenters. The van der Waals surface area contributed by atoms with E-state index >= 15 is 0 Å². The molecule has 0 bridgehead atoms. The zero-order chi connectivity index (χ0) is 13.1. The lowest BCUT2D eigenvalue weighted by Crippen LogP contribution is -2.24. The van der Waals surface area contributed by atoms with Gasteiger partial charge in [-0.1, -0.05) is 12.1 Å². The van der Waals surface area contributed by atoms with Crippen LogP contribution in [0.2, 0.25) is 0 Å². The van der Waals surface area contributed by atoms with E-state index in [-0.39, 0.29) is 5.91 Å². The van der Waals surface area contributed by atoms with Crippen molar-refractivity contribution in [1.82, 2.24) is 15.3 Å². The van der Waals surface area contributed by atoms with Gasteiger partial charge in [0.25, 0.3) is 0 Å². The van der Waals surface area contributed by atoms with E-state index in [9.17, 15) is 4.79 Å². The first-order chi connectivity index (χ1) is 9.31. The molecule has 0 spiro atoms. The number of benzene rings is 1. The van der Waals surface area contributed by atoms with Crippen molar-refractivity contribution < 1.29 is 4.79 Å². The minimum Gasteiger partial charge on any atom is -0.352 e. The summed E-state index contributed by atoms with van der Waals surface area (Å²) in [5.41, 5.74) is 3.00. The SMILES string of the molecule is O=C(Cc1cccs1)NCc1ccc2nc[nH]c2c1. The van der Waals surface area contributed by atoms with Gasteiger partial charge in [-0.15, -0.1) is 11.3 Å². The Labute approximate surface area is 114 Å². The zero-order valence-electron chi connectivity index (χ0n) is 10.2. The molecule has 0 aliphatic carbocycles. The molecule has 0 fully saturated rings. The van der Waals surface area contributed by atoms with Gasteiger partial charge in [0.05, 0.1) is 23.8 Å². The largest absolute Gasteiger partial charge is 0.352 e. The minimum absolute atomic E-state index is 0.0483. The molecule has 3 aromatic rings. The predicted octanol–water partition coefficient (Wildman–Crippen LogP) is 2.48. The van der Waals surface area contributed by atoms with Crippen molar-refractivity contribution in [3.63, 3.8) is 0 Å². The second-order valence-corrected chi connectivity index (χ2v) is 5.32. The monoisotopic (exact) mass is 271 g/mol. The molecule has 5 heteroatoms. The van der Waals surface area contributed by atoms with E-state index in [0.717, 1.165) is 21.5 Å². The number of nitrogens with one attached hydrogen (secondary N) is 2. The molecule has 2 N–H and O–H groups in total. The molecule has 1 aromatic carbocycles. The van der Waals surface area contributed by atoms with Gasteiger partial charge < -0.3 is 10.3 Å². The van der Waals surface area contributed by atoms with Gasteiger partial charge in [-0.3, -0.25) is 4.79 Å². The minimum atomic E-state index is 0.0483. The number of hydrogen-bond donors (Lipinski definition) is 2. The third-order valence-corrected chi connectivity index (χ3v) is 3.77. The van der Waals surface area contributed by atoms with E-state index in [4.69, 9.17) is 0 Å². The predicted molar refractivity (Wildman–Crippen MR) is 76.0 cm³/mol. The third-order valence-electron chi connectivity index (χ3n) is 2.89. The summed E-state index contributed by atoms with van der Waals surface area (Å²) in [5.74, 6) is 0.0483. The van der Waals surface area contributed by atoms with E-state index in [0.29, 0.717) is 13.0 Å². The van der Waals surface area contributed by atoms with Gasteiger partial charge in [0, 0.05) is 11.4 Å². The average Bonchev–Trinajstić information content (AvgIpc) is 3.06. The third kappa shape index (κ3) is 2.82. The van der Waals surface area contributed by atoms with E-state index in [2.05, 4.69) is 15.3 Å². The Balaban J connectivity index is 1.60. The van der Waals surface area contributed by atoms with Crippen molar-refractivity contribution in [2.24, 2.45) is 0 Å². The average molecular weight is 271 g/mol. The molecule has 0 unspecified atom stereocenters. The summed E-state index contributed by atoms with van der Waals surface area (Å²) in [7, 11) is 0. The zero-order valence-corrected chi connectivity index (χ0v) is 11.0. The molecular weight excluding hydrogens is 258 g/mol. The Hall–Kier alpha value is -2.14. The first-order valence-electron chi connectivity index (χ1n) is 6.02. The van der Waals surface area contributed by atoms with E-state index < -0.39 is 0 Å². The number of carbonyl (C=O) groups excluding carboxylic acids is 1. The number of rotatable bonds is 4. The van der Waals surface area contributed by atoms with E-state index in [1.165, 1.54) is 0 Å². The number of amides is 1. The van der Waals surface area contributed by atoms with Crippen molar-refractivity contribution in [2.45, 2.75) is 13.0 Å². The number of hydrogen-bond acceptors (Lipinski definition) is 3. The van der Waals surface area contributed by atoms with Crippen LogP contribution >= 0.6 is 11.3 Å². The van der Waals surface area contributed by atoms with Crippen LogP contribution in [0.1, 0.15) is 10.4 Å². The van der Waals surface area contributed by atoms with Gasteiger partial charge in [0.15, 0.2) is 0 Å². The molecule has 1 amide bonds. The van der Waals surface area contributed by atoms with Crippen LogP contribution in [0.3, 0.4) is 0 Å². The van der Waals surface area contributed by atoms with Crippen molar-refractivity contribution in [2.75, 3.05) is 0 Å². The summed E-state index contributed by atoms with van der Waals surface area (Å²) >= 11 is 1.60. The number of aromatic amines is 1. The topological polar surface area (TPSA) is 57.8 Å². The Morgan fingerprint density at radius 3 is 3.16 bits per heavy atom. The molecule has 19 heavy (non-hydrogen) atoms. The lowest BCUT2D eigenvalue weighted by molar-refractivity contribution is -0.120. The second-order valence-electron chi connectivity index (χ2n) is 4.29. The standard InChI is InChI=1S/C14H13N3OS/c18-14(7-11-2-1-5-19-11)15-8-10-3-4-12-13(6-10)17-9-16-12/h1-6,9H,7-8H2,(H,15,18)(H,16,17). The van der Waals surface area contributed by atoms with E-state index in [1.807, 2.05) is 35.7 Å². The normalized spacial score (nSPS) is 10.7. The Morgan fingerprint density at radius 2 is 2.32 bits per heavy atom. The summed E-state index contributed by atoms with van der Waals surface area (Å²) in [4.78, 5) is 20.1. The number of imidazole rings is 1. The number of carbonyl (C=O) groups is 1. The van der Waals surface area contributed by atoms with E-state index in [1.54, 1.807) is 17.7 Å².